The second-order valence-corrected chi connectivity index (χ2v) is 15.6. The summed E-state index contributed by atoms with van der Waals surface area (Å²) in [6.07, 6.45) is 23.6. The van der Waals surface area contributed by atoms with Gasteiger partial charge < -0.3 is 19.3 Å². The zero-order valence-corrected chi connectivity index (χ0v) is 35.4. The normalized spacial score (nSPS) is 11.6. The Hall–Kier alpha value is -2.38. The molecule has 0 heterocycles. The van der Waals surface area contributed by atoms with Gasteiger partial charge in [0.2, 0.25) is 0 Å². The Labute approximate surface area is 332 Å². The van der Waals surface area contributed by atoms with Crippen molar-refractivity contribution in [2.75, 3.05) is 52.5 Å². The van der Waals surface area contributed by atoms with Crippen LogP contribution in [0.1, 0.15) is 167 Å². The van der Waals surface area contributed by atoms with Gasteiger partial charge in [-0.05, 0) is 112 Å². The van der Waals surface area contributed by atoms with Crippen LogP contribution in [0.15, 0.2) is 48.5 Å². The van der Waals surface area contributed by atoms with Crippen LogP contribution in [0.25, 0.3) is 11.1 Å². The molecule has 0 spiro atoms. The maximum atomic E-state index is 12.7. The lowest BCUT2D eigenvalue weighted by atomic mass is 10.0. The topological polar surface area (TPSA) is 59.1 Å². The number of hydrogen-bond acceptors (Lipinski definition) is 6. The van der Waals surface area contributed by atoms with Crippen molar-refractivity contribution in [1.82, 2.24) is 9.80 Å². The van der Waals surface area contributed by atoms with Gasteiger partial charge in [-0.1, -0.05) is 141 Å². The summed E-state index contributed by atoms with van der Waals surface area (Å²) in [5.41, 5.74) is 4.32. The van der Waals surface area contributed by atoms with Crippen molar-refractivity contribution >= 4 is 11.6 Å². The first-order valence-electron chi connectivity index (χ1n) is 22.3. The van der Waals surface area contributed by atoms with Crippen molar-refractivity contribution in [2.24, 2.45) is 0 Å². The van der Waals surface area contributed by atoms with Crippen molar-refractivity contribution in [2.45, 2.75) is 169 Å². The molecule has 0 saturated heterocycles. The van der Waals surface area contributed by atoms with Gasteiger partial charge in [0.25, 0.3) is 0 Å². The van der Waals surface area contributed by atoms with Crippen LogP contribution < -0.4 is 0 Å². The molecule has 6 heteroatoms. The van der Waals surface area contributed by atoms with Gasteiger partial charge in [-0.2, -0.15) is 0 Å². The van der Waals surface area contributed by atoms with Crippen LogP contribution >= 0.6 is 0 Å². The number of benzene rings is 2. The number of carbonyl (C=O) groups excluding carboxylic acids is 2. The van der Waals surface area contributed by atoms with E-state index in [1.165, 1.54) is 103 Å². The highest BCUT2D eigenvalue weighted by Crippen LogP contribution is 2.23. The number of unbranched alkanes of at least 4 members (excludes halogenated alkanes) is 12. The standard InChI is InChI=1S/C48H80N2O4/c1-5-9-13-15-19-33-49(31-17-11-7-3)35-23-29-47(51)41-53-39-43-25-21-27-45(37-43)46-28-22-26-44(38-46)40-54-42-48(52)30-24-36-50(32-18-12-8-4)34-20-16-14-10-6-2/h21-22,25-28,37-38H,5-20,23-24,29-36,39-42H2,1-4H3. The van der Waals surface area contributed by atoms with Crippen molar-refractivity contribution < 1.29 is 19.1 Å². The first-order valence-corrected chi connectivity index (χ1v) is 22.3. The summed E-state index contributed by atoms with van der Waals surface area (Å²) in [6, 6.07) is 16.7. The molecule has 0 saturated carbocycles. The van der Waals surface area contributed by atoms with E-state index in [-0.39, 0.29) is 24.8 Å². The predicted molar refractivity (Wildman–Crippen MR) is 229 cm³/mol. The summed E-state index contributed by atoms with van der Waals surface area (Å²) in [6.45, 7) is 16.8. The van der Waals surface area contributed by atoms with Crippen molar-refractivity contribution in [3.8, 4) is 11.1 Å². The molecular formula is C48H80N2O4. The highest BCUT2D eigenvalue weighted by Gasteiger charge is 2.10. The second-order valence-electron chi connectivity index (χ2n) is 15.6. The van der Waals surface area contributed by atoms with Crippen LogP contribution in [0.4, 0.5) is 0 Å². The SMILES string of the molecule is CCCCCCCN(CCCCC)CCCC(=O)COCc1cccc(-c2cccc(COCC(=O)CCCN(CCCCC)CCCCCCC)c2)c1. The zero-order chi connectivity index (χ0) is 38.9. The van der Waals surface area contributed by atoms with Crippen molar-refractivity contribution in [3.63, 3.8) is 0 Å². The maximum Gasteiger partial charge on any atom is 0.158 e. The molecule has 2 rings (SSSR count). The zero-order valence-electron chi connectivity index (χ0n) is 35.4. The third-order valence-electron chi connectivity index (χ3n) is 10.4. The fourth-order valence-electron chi connectivity index (χ4n) is 7.11. The minimum atomic E-state index is 0.166. The molecule has 0 radical (unpaired) electrons. The van der Waals surface area contributed by atoms with Gasteiger partial charge in [-0.15, -0.1) is 0 Å². The maximum absolute atomic E-state index is 12.7. The molecule has 2 aromatic carbocycles. The molecular weight excluding hydrogens is 669 g/mol. The van der Waals surface area contributed by atoms with E-state index in [0.717, 1.165) is 74.4 Å². The summed E-state index contributed by atoms with van der Waals surface area (Å²) in [5, 5.41) is 0. The van der Waals surface area contributed by atoms with Gasteiger partial charge in [0.15, 0.2) is 11.6 Å². The fourth-order valence-corrected chi connectivity index (χ4v) is 7.11. The smallest absolute Gasteiger partial charge is 0.158 e. The van der Waals surface area contributed by atoms with Crippen molar-refractivity contribution in [3.05, 3.63) is 59.7 Å². The number of nitrogens with zero attached hydrogens (tertiary/aromatic N) is 2. The summed E-state index contributed by atoms with van der Waals surface area (Å²) in [5.74, 6) is 0.373. The molecule has 0 aliphatic rings. The largest absolute Gasteiger partial charge is 0.369 e. The van der Waals surface area contributed by atoms with E-state index >= 15 is 0 Å². The molecule has 0 N–H and O–H groups in total. The predicted octanol–water partition coefficient (Wildman–Crippen LogP) is 12.0. The van der Waals surface area contributed by atoms with Crippen LogP contribution in [-0.4, -0.2) is 73.8 Å². The first kappa shape index (κ1) is 47.8. The van der Waals surface area contributed by atoms with Gasteiger partial charge in [0, 0.05) is 12.8 Å². The monoisotopic (exact) mass is 749 g/mol. The lowest BCUT2D eigenvalue weighted by Crippen LogP contribution is -2.28. The van der Waals surface area contributed by atoms with E-state index in [1.807, 2.05) is 12.1 Å². The number of hydrogen-bond donors (Lipinski definition) is 0. The molecule has 0 fully saturated rings. The van der Waals surface area contributed by atoms with E-state index < -0.39 is 0 Å². The average Bonchev–Trinajstić information content (AvgIpc) is 3.17. The fraction of sp³-hybridized carbons (Fsp3) is 0.708. The minimum absolute atomic E-state index is 0.166. The Bertz CT molecular complexity index is 1120. The molecule has 0 aliphatic carbocycles. The van der Waals surface area contributed by atoms with Crippen LogP contribution in [0, 0.1) is 0 Å². The average molecular weight is 749 g/mol. The second kappa shape index (κ2) is 32.8. The molecule has 0 unspecified atom stereocenters. The minimum Gasteiger partial charge on any atom is -0.369 e. The van der Waals surface area contributed by atoms with E-state index in [9.17, 15) is 9.59 Å². The number of rotatable bonds is 37. The van der Waals surface area contributed by atoms with Gasteiger partial charge in [0.1, 0.15) is 13.2 Å². The molecule has 6 nitrogen and oxygen atoms in total. The highest BCUT2D eigenvalue weighted by atomic mass is 16.5. The Morgan fingerprint density at radius 2 is 0.778 bits per heavy atom. The Kier molecular flexibility index (Phi) is 29.0. The highest BCUT2D eigenvalue weighted by molar-refractivity contribution is 5.80. The third-order valence-corrected chi connectivity index (χ3v) is 10.4. The van der Waals surface area contributed by atoms with E-state index in [2.05, 4.69) is 73.9 Å². The summed E-state index contributed by atoms with van der Waals surface area (Å²) >= 11 is 0. The summed E-state index contributed by atoms with van der Waals surface area (Å²) in [7, 11) is 0. The molecule has 54 heavy (non-hydrogen) atoms. The van der Waals surface area contributed by atoms with Crippen LogP contribution in [0.2, 0.25) is 0 Å². The number of ether oxygens (including phenoxy) is 2. The number of Topliss-reactive ketones (excluding diaryl/α,β-unsaturated/α-hetero) is 2. The quantitative estimate of drug-likeness (QED) is 0.0641. The third kappa shape index (κ3) is 24.2. The Morgan fingerprint density at radius 3 is 1.17 bits per heavy atom. The van der Waals surface area contributed by atoms with E-state index in [1.54, 1.807) is 0 Å². The summed E-state index contributed by atoms with van der Waals surface area (Å²) in [4.78, 5) is 30.5. The summed E-state index contributed by atoms with van der Waals surface area (Å²) < 4.78 is 11.8. The van der Waals surface area contributed by atoms with E-state index in [4.69, 9.17) is 9.47 Å². The van der Waals surface area contributed by atoms with Crippen molar-refractivity contribution in [1.29, 1.82) is 0 Å². The number of carbonyl (C=O) groups is 2. The Morgan fingerprint density at radius 1 is 0.444 bits per heavy atom. The molecule has 2 aromatic rings. The van der Waals surface area contributed by atoms with Crippen LogP contribution in [-0.2, 0) is 32.3 Å². The molecule has 0 bridgehead atoms. The lowest BCUT2D eigenvalue weighted by Gasteiger charge is -2.22. The molecule has 0 atom stereocenters. The molecule has 306 valence electrons. The van der Waals surface area contributed by atoms with Crippen LogP contribution in [0.3, 0.4) is 0 Å². The molecule has 0 aromatic heterocycles. The van der Waals surface area contributed by atoms with Crippen LogP contribution in [0.5, 0.6) is 0 Å². The lowest BCUT2D eigenvalue weighted by molar-refractivity contribution is -0.124. The van der Waals surface area contributed by atoms with Gasteiger partial charge in [-0.3, -0.25) is 9.59 Å². The Balaban J connectivity index is 1.72. The van der Waals surface area contributed by atoms with E-state index in [0.29, 0.717) is 26.1 Å². The first-order chi connectivity index (χ1) is 26.5. The van der Waals surface area contributed by atoms with Gasteiger partial charge >= 0.3 is 0 Å². The number of ketones is 2. The van der Waals surface area contributed by atoms with Gasteiger partial charge in [0.05, 0.1) is 13.2 Å². The van der Waals surface area contributed by atoms with Gasteiger partial charge in [-0.25, -0.2) is 0 Å². The molecule has 0 aliphatic heterocycles. The molecule has 0 amide bonds.